The zero-order valence-electron chi connectivity index (χ0n) is 10.6. The molecule has 1 aliphatic rings. The van der Waals surface area contributed by atoms with Gasteiger partial charge in [-0.05, 0) is 12.8 Å². The molecule has 0 saturated carbocycles. The highest BCUT2D eigenvalue weighted by Crippen LogP contribution is 2.46. The van der Waals surface area contributed by atoms with Crippen LogP contribution >= 0.6 is 0 Å². The van der Waals surface area contributed by atoms with E-state index in [4.69, 9.17) is 14.9 Å². The fourth-order valence-electron chi connectivity index (χ4n) is 2.04. The quantitative estimate of drug-likeness (QED) is 0.678. The zero-order valence-corrected chi connectivity index (χ0v) is 10.6. The van der Waals surface area contributed by atoms with E-state index in [0.29, 0.717) is 0 Å². The average molecular weight is 299 g/mol. The molecule has 0 bridgehead atoms. The number of amides is 1. The van der Waals surface area contributed by atoms with E-state index in [2.05, 4.69) is 0 Å². The van der Waals surface area contributed by atoms with Crippen LogP contribution in [0.3, 0.4) is 0 Å². The third kappa shape index (κ3) is 3.40. The van der Waals surface area contributed by atoms with Crippen LogP contribution in [0.15, 0.2) is 0 Å². The van der Waals surface area contributed by atoms with Crippen LogP contribution in [-0.2, 0) is 14.3 Å². The Labute approximate surface area is 112 Å². The standard InChI is InChI=1S/C11H16F3NO5/c12-11(13,14)10(2-5-20-6-3-10)9(19)15-7(1-4-16)8(17)18/h7,16H,1-6H2,(H,15,19)(H,17,18)/t7-/m0/s1. The van der Waals surface area contributed by atoms with Crippen molar-refractivity contribution in [2.75, 3.05) is 19.8 Å². The van der Waals surface area contributed by atoms with Crippen LogP contribution in [0.25, 0.3) is 0 Å². The minimum atomic E-state index is -4.79. The third-order valence-electron chi connectivity index (χ3n) is 3.34. The zero-order chi connectivity index (χ0) is 15.4. The molecule has 1 rings (SSSR count). The first-order chi connectivity index (χ1) is 9.24. The molecule has 1 fully saturated rings. The third-order valence-corrected chi connectivity index (χ3v) is 3.34. The number of aliphatic hydroxyl groups is 1. The first kappa shape index (κ1) is 16.7. The van der Waals surface area contributed by atoms with Crippen molar-refractivity contribution in [3.05, 3.63) is 0 Å². The van der Waals surface area contributed by atoms with Gasteiger partial charge in [-0.2, -0.15) is 13.2 Å². The lowest BCUT2D eigenvalue weighted by molar-refractivity contribution is -0.240. The van der Waals surface area contributed by atoms with Crippen LogP contribution in [0.5, 0.6) is 0 Å². The van der Waals surface area contributed by atoms with E-state index < -0.39 is 49.0 Å². The number of nitrogens with one attached hydrogen (secondary N) is 1. The molecule has 1 aliphatic heterocycles. The molecular formula is C11H16F3NO5. The molecule has 9 heteroatoms. The summed E-state index contributed by atoms with van der Waals surface area (Å²) in [6, 6.07) is -1.55. The second-order valence-corrected chi connectivity index (χ2v) is 4.57. The highest BCUT2D eigenvalue weighted by Gasteiger charge is 2.60. The highest BCUT2D eigenvalue weighted by atomic mass is 19.4. The fraction of sp³-hybridized carbons (Fsp3) is 0.818. The van der Waals surface area contributed by atoms with Gasteiger partial charge in [-0.25, -0.2) is 4.79 Å². The molecule has 0 spiro atoms. The Morgan fingerprint density at radius 2 is 1.85 bits per heavy atom. The van der Waals surface area contributed by atoms with Gasteiger partial charge in [0.25, 0.3) is 0 Å². The SMILES string of the molecule is O=C(O)[C@H](CCO)NC(=O)C1(C(F)(F)F)CCOCC1. The maximum atomic E-state index is 13.2. The van der Waals surface area contributed by atoms with Gasteiger partial charge in [0.05, 0.1) is 0 Å². The van der Waals surface area contributed by atoms with Gasteiger partial charge in [0.2, 0.25) is 5.91 Å². The van der Waals surface area contributed by atoms with Crippen LogP contribution in [0.2, 0.25) is 0 Å². The highest BCUT2D eigenvalue weighted by molar-refractivity contribution is 5.88. The molecule has 116 valence electrons. The molecule has 1 saturated heterocycles. The number of halogens is 3. The topological polar surface area (TPSA) is 95.9 Å². The van der Waals surface area contributed by atoms with Crippen LogP contribution in [0.1, 0.15) is 19.3 Å². The summed E-state index contributed by atoms with van der Waals surface area (Å²) in [5.74, 6) is -2.87. The molecule has 6 nitrogen and oxygen atoms in total. The number of aliphatic carboxylic acids is 1. The lowest BCUT2D eigenvalue weighted by Gasteiger charge is -2.37. The summed E-state index contributed by atoms with van der Waals surface area (Å²) in [6.45, 7) is -0.991. The number of rotatable bonds is 5. The van der Waals surface area contributed by atoms with E-state index in [1.54, 1.807) is 0 Å². The molecule has 0 radical (unpaired) electrons. The number of aliphatic hydroxyl groups excluding tert-OH is 1. The number of ether oxygens (including phenoxy) is 1. The number of alkyl halides is 3. The summed E-state index contributed by atoms with van der Waals surface area (Å²) in [7, 11) is 0. The molecule has 0 aliphatic carbocycles. The van der Waals surface area contributed by atoms with Gasteiger partial charge in [-0.3, -0.25) is 4.79 Å². The molecule has 20 heavy (non-hydrogen) atoms. The van der Waals surface area contributed by atoms with E-state index >= 15 is 0 Å². The summed E-state index contributed by atoms with van der Waals surface area (Å²) >= 11 is 0. The summed E-state index contributed by atoms with van der Waals surface area (Å²) < 4.78 is 44.3. The van der Waals surface area contributed by atoms with Crippen molar-refractivity contribution >= 4 is 11.9 Å². The Morgan fingerprint density at radius 3 is 2.25 bits per heavy atom. The smallest absolute Gasteiger partial charge is 0.403 e. The van der Waals surface area contributed by atoms with Gasteiger partial charge in [0.15, 0.2) is 0 Å². The maximum Gasteiger partial charge on any atom is 0.403 e. The van der Waals surface area contributed by atoms with Crippen molar-refractivity contribution in [3.63, 3.8) is 0 Å². The number of hydrogen-bond donors (Lipinski definition) is 3. The van der Waals surface area contributed by atoms with Gasteiger partial charge in [0.1, 0.15) is 11.5 Å². The molecular weight excluding hydrogens is 283 g/mol. The Balaban J connectivity index is 2.91. The Bertz CT molecular complexity index is 366. The summed E-state index contributed by atoms with van der Waals surface area (Å²) in [4.78, 5) is 22.8. The van der Waals surface area contributed by atoms with Crippen molar-refractivity contribution in [3.8, 4) is 0 Å². The fourth-order valence-corrected chi connectivity index (χ4v) is 2.04. The number of carboxylic acid groups (broad SMARTS) is 1. The Hall–Kier alpha value is -1.35. The first-order valence-corrected chi connectivity index (χ1v) is 6.04. The summed E-state index contributed by atoms with van der Waals surface area (Å²) in [5, 5.41) is 19.3. The van der Waals surface area contributed by atoms with Crippen LogP contribution in [-0.4, -0.2) is 54.1 Å². The van der Waals surface area contributed by atoms with E-state index in [9.17, 15) is 22.8 Å². The number of hydrogen-bond acceptors (Lipinski definition) is 4. The van der Waals surface area contributed by atoms with E-state index in [1.165, 1.54) is 0 Å². The van der Waals surface area contributed by atoms with Crippen molar-refractivity contribution in [2.45, 2.75) is 31.5 Å². The van der Waals surface area contributed by atoms with Crippen molar-refractivity contribution in [1.29, 1.82) is 0 Å². The number of carboxylic acids is 1. The van der Waals surface area contributed by atoms with Crippen molar-refractivity contribution < 1.29 is 37.7 Å². The normalized spacial score (nSPS) is 20.2. The van der Waals surface area contributed by atoms with E-state index in [-0.39, 0.29) is 19.6 Å². The summed E-state index contributed by atoms with van der Waals surface area (Å²) in [5.41, 5.74) is -2.63. The predicted molar refractivity (Wildman–Crippen MR) is 59.8 cm³/mol. The second kappa shape index (κ2) is 6.40. The van der Waals surface area contributed by atoms with Gasteiger partial charge < -0.3 is 20.3 Å². The molecule has 1 amide bonds. The molecule has 1 atom stereocenters. The number of carbonyl (C=O) groups excluding carboxylic acids is 1. The lowest BCUT2D eigenvalue weighted by Crippen LogP contribution is -2.56. The van der Waals surface area contributed by atoms with Crippen molar-refractivity contribution in [1.82, 2.24) is 5.32 Å². The van der Waals surface area contributed by atoms with Crippen LogP contribution in [0.4, 0.5) is 13.2 Å². The average Bonchev–Trinajstić information content (AvgIpc) is 2.37. The van der Waals surface area contributed by atoms with Crippen molar-refractivity contribution in [2.24, 2.45) is 5.41 Å². The van der Waals surface area contributed by atoms with E-state index in [1.807, 2.05) is 5.32 Å². The van der Waals surface area contributed by atoms with E-state index in [0.717, 1.165) is 0 Å². The minimum Gasteiger partial charge on any atom is -0.480 e. The second-order valence-electron chi connectivity index (χ2n) is 4.57. The first-order valence-electron chi connectivity index (χ1n) is 6.04. The molecule has 3 N–H and O–H groups in total. The van der Waals surface area contributed by atoms with Gasteiger partial charge >= 0.3 is 12.1 Å². The molecule has 0 unspecified atom stereocenters. The Kier molecular flexibility index (Phi) is 5.35. The molecule has 1 heterocycles. The molecule has 0 aromatic carbocycles. The lowest BCUT2D eigenvalue weighted by atomic mass is 9.78. The Morgan fingerprint density at radius 1 is 1.30 bits per heavy atom. The largest absolute Gasteiger partial charge is 0.480 e. The van der Waals surface area contributed by atoms with Gasteiger partial charge in [0, 0.05) is 26.2 Å². The maximum absolute atomic E-state index is 13.2. The molecule has 0 aromatic rings. The molecule has 0 aromatic heterocycles. The number of carbonyl (C=O) groups is 2. The van der Waals surface area contributed by atoms with Gasteiger partial charge in [-0.15, -0.1) is 0 Å². The van der Waals surface area contributed by atoms with Crippen LogP contribution < -0.4 is 5.32 Å². The minimum absolute atomic E-state index is 0.218. The van der Waals surface area contributed by atoms with Crippen LogP contribution in [0, 0.1) is 5.41 Å². The monoisotopic (exact) mass is 299 g/mol. The summed E-state index contributed by atoms with van der Waals surface area (Å²) in [6.07, 6.45) is -6.24. The van der Waals surface area contributed by atoms with Gasteiger partial charge in [-0.1, -0.05) is 0 Å². The predicted octanol–water partition coefficient (Wildman–Crippen LogP) is 0.297.